The fraction of sp³-hybridized carbons (Fsp3) is 0.278. The molecule has 0 saturated carbocycles. The molecule has 3 rings (SSSR count). The van der Waals surface area contributed by atoms with Crippen molar-refractivity contribution in [2.75, 3.05) is 0 Å². The van der Waals surface area contributed by atoms with Crippen molar-refractivity contribution in [1.82, 2.24) is 9.55 Å². The van der Waals surface area contributed by atoms with E-state index in [2.05, 4.69) is 36.6 Å². The molecule has 21 heavy (non-hydrogen) atoms. The average Bonchev–Trinajstić information content (AvgIpc) is 2.93. The van der Waals surface area contributed by atoms with Crippen LogP contribution in [0.4, 0.5) is 0 Å². The molecular weight excluding hydrogens is 258 g/mol. The number of hydrogen-bond donors (Lipinski definition) is 1. The van der Waals surface area contributed by atoms with Crippen LogP contribution in [0.25, 0.3) is 16.7 Å². The molecule has 0 bridgehead atoms. The largest absolute Gasteiger partial charge is 0.321 e. The normalized spacial score (nSPS) is 14.2. The van der Waals surface area contributed by atoms with Gasteiger partial charge in [-0.3, -0.25) is 4.57 Å². The summed E-state index contributed by atoms with van der Waals surface area (Å²) in [7, 11) is 0. The number of fused-ring (bicyclic) bond motifs is 1. The van der Waals surface area contributed by atoms with Crippen LogP contribution in [0.3, 0.4) is 0 Å². The number of nitrogens with two attached hydrogens (primary N) is 1. The van der Waals surface area contributed by atoms with Crippen LogP contribution in [0.5, 0.6) is 0 Å². The first-order valence-corrected chi connectivity index (χ1v) is 7.50. The van der Waals surface area contributed by atoms with Gasteiger partial charge in [-0.05, 0) is 30.2 Å². The summed E-state index contributed by atoms with van der Waals surface area (Å²) in [5.41, 5.74) is 9.68. The number of aromatic nitrogens is 2. The van der Waals surface area contributed by atoms with E-state index in [9.17, 15) is 0 Å². The Morgan fingerprint density at radius 2 is 1.71 bits per heavy atom. The van der Waals surface area contributed by atoms with E-state index in [-0.39, 0.29) is 6.04 Å². The monoisotopic (exact) mass is 279 g/mol. The first-order valence-electron chi connectivity index (χ1n) is 7.50. The number of nitrogens with zero attached hydrogens (tertiary/aromatic N) is 2. The zero-order valence-electron chi connectivity index (χ0n) is 12.5. The Labute approximate surface area is 125 Å². The van der Waals surface area contributed by atoms with E-state index in [0.29, 0.717) is 5.92 Å². The van der Waals surface area contributed by atoms with E-state index in [1.165, 1.54) is 0 Å². The minimum atomic E-state index is -0.0670. The maximum atomic E-state index is 6.47. The molecule has 1 aromatic heterocycles. The summed E-state index contributed by atoms with van der Waals surface area (Å²) in [4.78, 5) is 4.80. The highest BCUT2D eigenvalue weighted by Gasteiger charge is 2.21. The minimum Gasteiger partial charge on any atom is -0.321 e. The molecule has 0 aliphatic carbocycles. The van der Waals surface area contributed by atoms with Crippen LogP contribution in [-0.4, -0.2) is 9.55 Å². The van der Waals surface area contributed by atoms with Crippen LogP contribution in [0, 0.1) is 5.92 Å². The number of imidazole rings is 1. The van der Waals surface area contributed by atoms with Gasteiger partial charge < -0.3 is 5.73 Å². The van der Waals surface area contributed by atoms with E-state index in [4.69, 9.17) is 10.7 Å². The van der Waals surface area contributed by atoms with E-state index in [0.717, 1.165) is 29.0 Å². The van der Waals surface area contributed by atoms with Crippen molar-refractivity contribution >= 4 is 11.0 Å². The molecule has 0 aliphatic heterocycles. The molecular formula is C18H21N3. The maximum absolute atomic E-state index is 6.47. The van der Waals surface area contributed by atoms with Crippen LogP contribution in [-0.2, 0) is 0 Å². The summed E-state index contributed by atoms with van der Waals surface area (Å²) in [6, 6.07) is 18.4. The third-order valence-corrected chi connectivity index (χ3v) is 4.16. The maximum Gasteiger partial charge on any atom is 0.131 e. The molecule has 0 fully saturated rings. The first-order chi connectivity index (χ1) is 10.2. The smallest absolute Gasteiger partial charge is 0.131 e. The molecule has 2 unspecified atom stereocenters. The topological polar surface area (TPSA) is 43.8 Å². The van der Waals surface area contributed by atoms with E-state index in [1.807, 2.05) is 36.4 Å². The van der Waals surface area contributed by atoms with Crippen molar-refractivity contribution in [1.29, 1.82) is 0 Å². The highest BCUT2D eigenvalue weighted by Crippen LogP contribution is 2.28. The average molecular weight is 279 g/mol. The standard InChI is InChI=1S/C18H21N3/c1-3-13(2)17(19)18-20-15-11-7-8-12-16(15)21(18)14-9-5-4-6-10-14/h4-13,17H,3,19H2,1-2H3. The predicted octanol–water partition coefficient (Wildman–Crippen LogP) is 4.07. The molecule has 1 heterocycles. The highest BCUT2D eigenvalue weighted by molar-refractivity contribution is 5.78. The minimum absolute atomic E-state index is 0.0670. The number of hydrogen-bond acceptors (Lipinski definition) is 2. The summed E-state index contributed by atoms with van der Waals surface area (Å²) >= 11 is 0. The lowest BCUT2D eigenvalue weighted by molar-refractivity contribution is 0.436. The molecule has 2 aromatic carbocycles. The van der Waals surface area contributed by atoms with Crippen LogP contribution >= 0.6 is 0 Å². The molecule has 0 aliphatic rings. The Morgan fingerprint density at radius 3 is 2.43 bits per heavy atom. The fourth-order valence-electron chi connectivity index (χ4n) is 2.63. The van der Waals surface area contributed by atoms with Crippen LogP contribution in [0.2, 0.25) is 0 Å². The lowest BCUT2D eigenvalue weighted by Crippen LogP contribution is -2.22. The third-order valence-electron chi connectivity index (χ3n) is 4.16. The van der Waals surface area contributed by atoms with Gasteiger partial charge in [-0.1, -0.05) is 50.6 Å². The SMILES string of the molecule is CCC(C)C(N)c1nc2ccccc2n1-c1ccccc1. The summed E-state index contributed by atoms with van der Waals surface area (Å²) in [5, 5.41) is 0. The molecule has 3 aromatic rings. The molecule has 0 spiro atoms. The van der Waals surface area contributed by atoms with Crippen molar-refractivity contribution < 1.29 is 0 Å². The zero-order valence-corrected chi connectivity index (χ0v) is 12.5. The van der Waals surface area contributed by atoms with Crippen molar-refractivity contribution in [2.45, 2.75) is 26.3 Å². The lowest BCUT2D eigenvalue weighted by atomic mass is 9.99. The lowest BCUT2D eigenvalue weighted by Gasteiger charge is -2.19. The molecule has 3 heteroatoms. The van der Waals surface area contributed by atoms with Gasteiger partial charge in [0, 0.05) is 5.69 Å². The third kappa shape index (κ3) is 2.45. The molecule has 0 radical (unpaired) electrons. The summed E-state index contributed by atoms with van der Waals surface area (Å²) < 4.78 is 2.19. The highest BCUT2D eigenvalue weighted by atomic mass is 15.1. The predicted molar refractivity (Wildman–Crippen MR) is 87.5 cm³/mol. The molecule has 0 saturated heterocycles. The summed E-state index contributed by atoms with van der Waals surface area (Å²) in [5.74, 6) is 1.33. The number of benzene rings is 2. The molecule has 3 nitrogen and oxygen atoms in total. The van der Waals surface area contributed by atoms with Gasteiger partial charge in [-0.2, -0.15) is 0 Å². The Kier molecular flexibility index (Phi) is 3.76. The first kappa shape index (κ1) is 13.8. The van der Waals surface area contributed by atoms with E-state index in [1.54, 1.807) is 0 Å². The Hall–Kier alpha value is -2.13. The van der Waals surface area contributed by atoms with Gasteiger partial charge in [0.15, 0.2) is 0 Å². The molecule has 108 valence electrons. The molecule has 2 N–H and O–H groups in total. The van der Waals surface area contributed by atoms with Gasteiger partial charge in [-0.15, -0.1) is 0 Å². The van der Waals surface area contributed by atoms with Crippen molar-refractivity contribution in [2.24, 2.45) is 11.7 Å². The van der Waals surface area contributed by atoms with Gasteiger partial charge in [0.2, 0.25) is 0 Å². The van der Waals surface area contributed by atoms with Crippen molar-refractivity contribution in [3.63, 3.8) is 0 Å². The Balaban J connectivity index is 2.24. The molecule has 2 atom stereocenters. The van der Waals surface area contributed by atoms with Gasteiger partial charge in [0.25, 0.3) is 0 Å². The van der Waals surface area contributed by atoms with Crippen LogP contribution < -0.4 is 5.73 Å². The second-order valence-corrected chi connectivity index (χ2v) is 5.54. The second kappa shape index (κ2) is 5.70. The molecule has 0 amide bonds. The van der Waals surface area contributed by atoms with Crippen molar-refractivity contribution in [3.05, 3.63) is 60.4 Å². The van der Waals surface area contributed by atoms with E-state index >= 15 is 0 Å². The number of para-hydroxylation sites is 3. The van der Waals surface area contributed by atoms with Gasteiger partial charge in [0.05, 0.1) is 17.1 Å². The van der Waals surface area contributed by atoms with Gasteiger partial charge >= 0.3 is 0 Å². The summed E-state index contributed by atoms with van der Waals surface area (Å²) in [6.45, 7) is 4.35. The Morgan fingerprint density at radius 1 is 1.05 bits per heavy atom. The second-order valence-electron chi connectivity index (χ2n) is 5.54. The Bertz CT molecular complexity index is 731. The van der Waals surface area contributed by atoms with Crippen LogP contribution in [0.1, 0.15) is 32.1 Å². The summed E-state index contributed by atoms with van der Waals surface area (Å²) in [6.07, 6.45) is 1.04. The van der Waals surface area contributed by atoms with E-state index < -0.39 is 0 Å². The van der Waals surface area contributed by atoms with Gasteiger partial charge in [-0.25, -0.2) is 4.98 Å². The zero-order chi connectivity index (χ0) is 14.8. The van der Waals surface area contributed by atoms with Crippen molar-refractivity contribution in [3.8, 4) is 5.69 Å². The van der Waals surface area contributed by atoms with Crippen LogP contribution in [0.15, 0.2) is 54.6 Å². The number of rotatable bonds is 4. The quantitative estimate of drug-likeness (QED) is 0.782. The fourth-order valence-corrected chi connectivity index (χ4v) is 2.63. The van der Waals surface area contributed by atoms with Gasteiger partial charge in [0.1, 0.15) is 5.82 Å².